The zero-order chi connectivity index (χ0) is 13.9. The van der Waals surface area contributed by atoms with E-state index in [1.54, 1.807) is 51.4 Å². The molecule has 3 fully saturated rings. The molecule has 2 unspecified atom stereocenters. The minimum atomic E-state index is 1.02. The SMILES string of the molecule is CC1CCC(C2CCC(C3CCCC(C)C3)CC2)CC1. The summed E-state index contributed by atoms with van der Waals surface area (Å²) in [4.78, 5) is 0. The summed E-state index contributed by atoms with van der Waals surface area (Å²) in [5.41, 5.74) is 0. The van der Waals surface area contributed by atoms with E-state index in [0.29, 0.717) is 0 Å². The maximum atomic E-state index is 2.49. The van der Waals surface area contributed by atoms with Crippen molar-refractivity contribution in [1.82, 2.24) is 0 Å². The molecule has 3 rings (SSSR count). The maximum absolute atomic E-state index is 2.49. The molecule has 0 aromatic carbocycles. The van der Waals surface area contributed by atoms with Crippen molar-refractivity contribution in [2.75, 3.05) is 0 Å². The summed E-state index contributed by atoms with van der Waals surface area (Å²) in [5.74, 6) is 6.47. The van der Waals surface area contributed by atoms with Crippen LogP contribution in [0, 0.1) is 35.5 Å². The van der Waals surface area contributed by atoms with Gasteiger partial charge in [0.05, 0.1) is 0 Å². The molecule has 0 aromatic rings. The molecule has 3 aliphatic carbocycles. The van der Waals surface area contributed by atoms with Crippen molar-refractivity contribution in [3.63, 3.8) is 0 Å². The highest BCUT2D eigenvalue weighted by molar-refractivity contribution is 4.85. The molecule has 0 heteroatoms. The first-order valence-corrected chi connectivity index (χ1v) is 9.72. The van der Waals surface area contributed by atoms with Crippen molar-refractivity contribution < 1.29 is 0 Å². The molecule has 2 atom stereocenters. The first-order chi connectivity index (χ1) is 9.72. The third kappa shape index (κ3) is 3.60. The van der Waals surface area contributed by atoms with E-state index in [-0.39, 0.29) is 0 Å². The zero-order valence-electron chi connectivity index (χ0n) is 13.9. The lowest BCUT2D eigenvalue weighted by atomic mass is 9.65. The van der Waals surface area contributed by atoms with E-state index in [0.717, 1.165) is 35.5 Å². The van der Waals surface area contributed by atoms with E-state index in [1.165, 1.54) is 25.7 Å². The van der Waals surface area contributed by atoms with Crippen LogP contribution in [-0.4, -0.2) is 0 Å². The van der Waals surface area contributed by atoms with E-state index in [1.807, 2.05) is 0 Å². The van der Waals surface area contributed by atoms with Crippen molar-refractivity contribution in [2.24, 2.45) is 35.5 Å². The molecule has 116 valence electrons. The summed E-state index contributed by atoms with van der Waals surface area (Å²) < 4.78 is 0. The quantitative estimate of drug-likeness (QED) is 0.544. The second-order valence-electron chi connectivity index (χ2n) is 8.73. The van der Waals surface area contributed by atoms with Gasteiger partial charge < -0.3 is 0 Å². The smallest absolute Gasteiger partial charge is 0.0383 e. The average molecular weight is 277 g/mol. The highest BCUT2D eigenvalue weighted by atomic mass is 14.4. The van der Waals surface area contributed by atoms with Gasteiger partial charge in [0.25, 0.3) is 0 Å². The molecule has 0 N–H and O–H groups in total. The minimum absolute atomic E-state index is 1.02. The third-order valence-electron chi connectivity index (χ3n) is 7.19. The van der Waals surface area contributed by atoms with Crippen molar-refractivity contribution >= 4 is 0 Å². The van der Waals surface area contributed by atoms with Crippen LogP contribution in [0.25, 0.3) is 0 Å². The molecule has 0 spiro atoms. The molecule has 0 amide bonds. The highest BCUT2D eigenvalue weighted by Gasteiger charge is 2.33. The fourth-order valence-electron chi connectivity index (χ4n) is 5.75. The third-order valence-corrected chi connectivity index (χ3v) is 7.19. The minimum Gasteiger partial charge on any atom is -0.0625 e. The number of hydrogen-bond acceptors (Lipinski definition) is 0. The lowest BCUT2D eigenvalue weighted by molar-refractivity contribution is 0.105. The molecule has 0 heterocycles. The Morgan fingerprint density at radius 1 is 0.450 bits per heavy atom. The fraction of sp³-hybridized carbons (Fsp3) is 1.00. The molecule has 0 saturated heterocycles. The van der Waals surface area contributed by atoms with Gasteiger partial charge in [-0.1, -0.05) is 46.0 Å². The van der Waals surface area contributed by atoms with Crippen LogP contribution in [0.5, 0.6) is 0 Å². The van der Waals surface area contributed by atoms with Crippen LogP contribution in [0.15, 0.2) is 0 Å². The van der Waals surface area contributed by atoms with Gasteiger partial charge in [0.1, 0.15) is 0 Å². The van der Waals surface area contributed by atoms with Crippen molar-refractivity contribution in [2.45, 2.75) is 90.9 Å². The van der Waals surface area contributed by atoms with Gasteiger partial charge in [0, 0.05) is 0 Å². The van der Waals surface area contributed by atoms with E-state index < -0.39 is 0 Å². The van der Waals surface area contributed by atoms with Crippen LogP contribution in [0.1, 0.15) is 90.9 Å². The summed E-state index contributed by atoms with van der Waals surface area (Å²) in [6.07, 6.45) is 18.6. The standard InChI is InChI=1S/C20H36/c1-15-6-8-17(9-7-15)18-10-12-19(13-11-18)20-5-3-4-16(2)14-20/h15-20H,3-14H2,1-2H3. The van der Waals surface area contributed by atoms with Crippen molar-refractivity contribution in [3.05, 3.63) is 0 Å². The maximum Gasteiger partial charge on any atom is -0.0383 e. The molecule has 20 heavy (non-hydrogen) atoms. The predicted octanol–water partition coefficient (Wildman–Crippen LogP) is 6.45. The summed E-state index contributed by atoms with van der Waals surface area (Å²) >= 11 is 0. The van der Waals surface area contributed by atoms with Gasteiger partial charge in [-0.15, -0.1) is 0 Å². The monoisotopic (exact) mass is 276 g/mol. The molecule has 0 aliphatic heterocycles. The average Bonchev–Trinajstić information content (AvgIpc) is 2.48. The Balaban J connectivity index is 1.44. The van der Waals surface area contributed by atoms with Gasteiger partial charge in [-0.05, 0) is 80.5 Å². The summed E-state index contributed by atoms with van der Waals surface area (Å²) in [6.45, 7) is 4.94. The van der Waals surface area contributed by atoms with Gasteiger partial charge in [-0.25, -0.2) is 0 Å². The van der Waals surface area contributed by atoms with Crippen molar-refractivity contribution in [1.29, 1.82) is 0 Å². The van der Waals surface area contributed by atoms with E-state index in [2.05, 4.69) is 13.8 Å². The second-order valence-corrected chi connectivity index (χ2v) is 8.73. The van der Waals surface area contributed by atoms with Crippen LogP contribution >= 0.6 is 0 Å². The Morgan fingerprint density at radius 3 is 1.50 bits per heavy atom. The molecule has 3 saturated carbocycles. The first kappa shape index (κ1) is 14.9. The van der Waals surface area contributed by atoms with E-state index in [9.17, 15) is 0 Å². The van der Waals surface area contributed by atoms with Crippen molar-refractivity contribution in [3.8, 4) is 0 Å². The van der Waals surface area contributed by atoms with Gasteiger partial charge >= 0.3 is 0 Å². The molecule has 3 aliphatic rings. The number of rotatable bonds is 2. The molecular weight excluding hydrogens is 240 g/mol. The Morgan fingerprint density at radius 2 is 0.950 bits per heavy atom. The molecule has 0 bridgehead atoms. The normalized spacial score (nSPS) is 47.1. The van der Waals surface area contributed by atoms with Gasteiger partial charge in [-0.2, -0.15) is 0 Å². The van der Waals surface area contributed by atoms with Crippen LogP contribution in [0.4, 0.5) is 0 Å². The zero-order valence-corrected chi connectivity index (χ0v) is 13.9. The highest BCUT2D eigenvalue weighted by Crippen LogP contribution is 2.45. The predicted molar refractivity (Wildman–Crippen MR) is 87.7 cm³/mol. The number of hydrogen-bond donors (Lipinski definition) is 0. The molecule has 0 nitrogen and oxygen atoms in total. The summed E-state index contributed by atoms with van der Waals surface area (Å²) in [6, 6.07) is 0. The fourth-order valence-corrected chi connectivity index (χ4v) is 5.75. The second kappa shape index (κ2) is 6.84. The van der Waals surface area contributed by atoms with Crippen LogP contribution in [-0.2, 0) is 0 Å². The van der Waals surface area contributed by atoms with E-state index >= 15 is 0 Å². The Bertz CT molecular complexity index is 278. The van der Waals surface area contributed by atoms with Crippen LogP contribution in [0.2, 0.25) is 0 Å². The first-order valence-electron chi connectivity index (χ1n) is 9.72. The van der Waals surface area contributed by atoms with Crippen LogP contribution in [0.3, 0.4) is 0 Å². The largest absolute Gasteiger partial charge is 0.0625 e. The van der Waals surface area contributed by atoms with E-state index in [4.69, 9.17) is 0 Å². The topological polar surface area (TPSA) is 0 Å². The van der Waals surface area contributed by atoms with Crippen LogP contribution < -0.4 is 0 Å². The molecule has 0 radical (unpaired) electrons. The molecular formula is C20H36. The van der Waals surface area contributed by atoms with Gasteiger partial charge in [-0.3, -0.25) is 0 Å². The Hall–Kier alpha value is 0. The van der Waals surface area contributed by atoms with Gasteiger partial charge in [0.15, 0.2) is 0 Å². The Kier molecular flexibility index (Phi) is 5.10. The lowest BCUT2D eigenvalue weighted by Gasteiger charge is -2.41. The van der Waals surface area contributed by atoms with Gasteiger partial charge in [0.2, 0.25) is 0 Å². The Labute approximate surface area is 127 Å². The molecule has 0 aromatic heterocycles. The summed E-state index contributed by atoms with van der Waals surface area (Å²) in [7, 11) is 0. The lowest BCUT2D eigenvalue weighted by Crippen LogP contribution is -2.29. The summed E-state index contributed by atoms with van der Waals surface area (Å²) in [5, 5.41) is 0.